The highest BCUT2D eigenvalue weighted by Crippen LogP contribution is 2.25. The first kappa shape index (κ1) is 29.8. The minimum Gasteiger partial charge on any atom is -0.494 e. The molecule has 4 bridgehead atoms. The third-order valence-corrected chi connectivity index (χ3v) is 8.94. The van der Waals surface area contributed by atoms with Gasteiger partial charge in [-0.05, 0) is 74.3 Å². The lowest BCUT2D eigenvalue weighted by molar-refractivity contribution is -0.136. The number of amides is 1. The first-order valence-electron chi connectivity index (χ1n) is 14.3. The first-order valence-corrected chi connectivity index (χ1v) is 16.0. The number of para-hydroxylation sites is 1. The van der Waals surface area contributed by atoms with Crippen LogP contribution < -0.4 is 14.2 Å². The summed E-state index contributed by atoms with van der Waals surface area (Å²) in [6.07, 6.45) is 9.65. The highest BCUT2D eigenvalue weighted by atomic mass is 32.2. The van der Waals surface area contributed by atoms with Crippen molar-refractivity contribution in [2.24, 2.45) is 5.92 Å². The van der Waals surface area contributed by atoms with Gasteiger partial charge in [0.2, 0.25) is 15.9 Å². The molecule has 0 unspecified atom stereocenters. The Balaban J connectivity index is 1.59. The Morgan fingerprint density at radius 1 is 0.950 bits per heavy atom. The van der Waals surface area contributed by atoms with E-state index in [4.69, 9.17) is 9.47 Å². The molecule has 5 heterocycles. The molecule has 2 aromatic rings. The molecule has 5 aliphatic rings. The second-order valence-corrected chi connectivity index (χ2v) is 12.5. The zero-order chi connectivity index (χ0) is 28.4. The topological polar surface area (TPSA) is 102 Å². The van der Waals surface area contributed by atoms with Crippen LogP contribution in [-0.4, -0.2) is 56.7 Å². The minimum atomic E-state index is -3.70. The van der Waals surface area contributed by atoms with Gasteiger partial charge < -0.3 is 14.4 Å². The van der Waals surface area contributed by atoms with E-state index in [0.717, 1.165) is 56.5 Å². The van der Waals surface area contributed by atoms with Crippen molar-refractivity contribution in [3.05, 3.63) is 65.7 Å². The molecule has 0 radical (unpaired) electrons. The highest BCUT2D eigenvalue weighted by Gasteiger charge is 2.27. The third-order valence-electron chi connectivity index (χ3n) is 7.47. The van der Waals surface area contributed by atoms with Crippen LogP contribution in [0.5, 0.6) is 11.5 Å². The van der Waals surface area contributed by atoms with Gasteiger partial charge in [-0.1, -0.05) is 50.1 Å². The van der Waals surface area contributed by atoms with Gasteiger partial charge in [-0.15, -0.1) is 0 Å². The molecular weight excluding hydrogens is 528 g/mol. The number of unbranched alkanes of at least 4 members (excludes halogenated alkanes) is 1. The van der Waals surface area contributed by atoms with E-state index >= 15 is 0 Å². The van der Waals surface area contributed by atoms with E-state index in [1.807, 2.05) is 36.1 Å². The van der Waals surface area contributed by atoms with Crippen molar-refractivity contribution in [1.82, 2.24) is 9.62 Å². The van der Waals surface area contributed by atoms with E-state index in [0.29, 0.717) is 30.9 Å². The van der Waals surface area contributed by atoms with Crippen LogP contribution in [0.25, 0.3) is 6.08 Å². The molecule has 1 amide bonds. The van der Waals surface area contributed by atoms with Gasteiger partial charge in [0, 0.05) is 24.7 Å². The first-order chi connectivity index (χ1) is 19.3. The maximum absolute atomic E-state index is 13.4. The molecule has 9 heteroatoms. The molecule has 1 N–H and O–H groups in total. The maximum Gasteiger partial charge on any atom is 0.329 e. The van der Waals surface area contributed by atoms with E-state index in [1.165, 1.54) is 6.08 Å². The molecule has 2 aromatic carbocycles. The molecule has 216 valence electrons. The van der Waals surface area contributed by atoms with Gasteiger partial charge in [-0.2, -0.15) is 0 Å². The normalized spacial score (nSPS) is 22.0. The van der Waals surface area contributed by atoms with Crippen molar-refractivity contribution in [3.63, 3.8) is 0 Å². The third kappa shape index (κ3) is 8.93. The number of nitrogens with one attached hydrogen (secondary N) is 1. The van der Waals surface area contributed by atoms with Crippen LogP contribution in [0.3, 0.4) is 0 Å². The lowest BCUT2D eigenvalue weighted by Crippen LogP contribution is -2.45. The summed E-state index contributed by atoms with van der Waals surface area (Å²) in [6, 6.07) is 13.2. The average Bonchev–Trinajstić information content (AvgIpc) is 2.95. The summed E-state index contributed by atoms with van der Waals surface area (Å²) in [6.45, 7) is 3.99. The number of nitrogens with zero attached hydrogens (tertiary/aromatic N) is 1. The number of sulfonamides is 1. The molecule has 1 saturated heterocycles. The zero-order valence-electron chi connectivity index (χ0n) is 23.2. The second-order valence-electron chi connectivity index (χ2n) is 10.6. The fourth-order valence-corrected chi connectivity index (χ4v) is 6.46. The predicted molar refractivity (Wildman–Crippen MR) is 156 cm³/mol. The average molecular weight is 569 g/mol. The molecular formula is C31H40N2O6S. The van der Waals surface area contributed by atoms with Gasteiger partial charge in [0.15, 0.2) is 0 Å². The number of rotatable bonds is 5. The summed E-state index contributed by atoms with van der Waals surface area (Å²) >= 11 is 0. The Hall–Kier alpha value is -3.17. The minimum absolute atomic E-state index is 0.0697. The Bertz CT molecular complexity index is 1270. The van der Waals surface area contributed by atoms with Crippen LogP contribution in [0.4, 0.5) is 0 Å². The number of esters is 1. The SMILES string of the molecule is CCCCS(=O)(=O)N[C@H]1Cc2ccc(cc2)OCCCCC2CCN(CC2)C(=O)/C=C\c2ccccc2OC1=O. The molecule has 0 spiro atoms. The predicted octanol–water partition coefficient (Wildman–Crippen LogP) is 4.74. The summed E-state index contributed by atoms with van der Waals surface area (Å²) in [5.74, 6) is 0.771. The van der Waals surface area contributed by atoms with Crippen molar-refractivity contribution < 1.29 is 27.5 Å². The quantitative estimate of drug-likeness (QED) is 0.413. The Morgan fingerprint density at radius 3 is 2.45 bits per heavy atom. The van der Waals surface area contributed by atoms with E-state index in [1.54, 1.807) is 30.3 Å². The fraction of sp³-hybridized carbons (Fsp3) is 0.484. The summed E-state index contributed by atoms with van der Waals surface area (Å²) in [5, 5.41) is 0. The molecule has 7 rings (SSSR count). The van der Waals surface area contributed by atoms with E-state index < -0.39 is 22.0 Å². The lowest BCUT2D eigenvalue weighted by atomic mass is 9.91. The van der Waals surface area contributed by atoms with Crippen LogP contribution in [0, 0.1) is 5.92 Å². The van der Waals surface area contributed by atoms with Gasteiger partial charge in [0.05, 0.1) is 12.4 Å². The van der Waals surface area contributed by atoms with E-state index in [-0.39, 0.29) is 23.8 Å². The highest BCUT2D eigenvalue weighted by molar-refractivity contribution is 7.89. The number of carbonyl (C=O) groups is 2. The number of hydrogen-bond donors (Lipinski definition) is 1. The summed E-state index contributed by atoms with van der Waals surface area (Å²) in [4.78, 5) is 28.1. The Labute approximate surface area is 237 Å². The van der Waals surface area contributed by atoms with Gasteiger partial charge in [0.25, 0.3) is 0 Å². The van der Waals surface area contributed by atoms with Gasteiger partial charge in [-0.3, -0.25) is 4.79 Å². The van der Waals surface area contributed by atoms with Gasteiger partial charge in [-0.25, -0.2) is 17.9 Å². The largest absolute Gasteiger partial charge is 0.494 e. The number of carbonyl (C=O) groups excluding carboxylic acids is 2. The molecule has 0 saturated carbocycles. The van der Waals surface area contributed by atoms with Crippen molar-refractivity contribution >= 4 is 28.0 Å². The van der Waals surface area contributed by atoms with Gasteiger partial charge in [0.1, 0.15) is 17.5 Å². The van der Waals surface area contributed by atoms with Crippen molar-refractivity contribution in [1.29, 1.82) is 0 Å². The van der Waals surface area contributed by atoms with E-state index in [2.05, 4.69) is 4.72 Å². The Kier molecular flexibility index (Phi) is 10.8. The van der Waals surface area contributed by atoms with Gasteiger partial charge >= 0.3 is 5.97 Å². The fourth-order valence-electron chi connectivity index (χ4n) is 5.06. The number of benzene rings is 2. The number of ether oxygens (including phenoxy) is 2. The molecule has 1 fully saturated rings. The molecule has 1 atom stereocenters. The Morgan fingerprint density at radius 2 is 1.70 bits per heavy atom. The van der Waals surface area contributed by atoms with E-state index in [9.17, 15) is 18.0 Å². The number of piperidine rings is 1. The van der Waals surface area contributed by atoms with Crippen LogP contribution in [0.1, 0.15) is 63.0 Å². The monoisotopic (exact) mass is 568 g/mol. The van der Waals surface area contributed by atoms with Crippen LogP contribution in [0.2, 0.25) is 0 Å². The van der Waals surface area contributed by atoms with Crippen LogP contribution >= 0.6 is 0 Å². The molecule has 0 aliphatic carbocycles. The summed E-state index contributed by atoms with van der Waals surface area (Å²) < 4.78 is 39.7. The van der Waals surface area contributed by atoms with Crippen LogP contribution in [-0.2, 0) is 26.0 Å². The maximum atomic E-state index is 13.4. The van der Waals surface area contributed by atoms with Crippen LogP contribution in [0.15, 0.2) is 54.6 Å². The lowest BCUT2D eigenvalue weighted by Gasteiger charge is -2.31. The molecule has 8 nitrogen and oxygen atoms in total. The standard InChI is InChI=1S/C31H40N2O6S/c1-2-3-22-40(36,37)32-28-23-25-11-14-27(15-12-25)38-21-7-6-8-24-17-19-33(20-18-24)30(34)16-13-26-9-4-5-10-29(26)39-31(28)35/h4-5,9-16,24,28,32H,2-3,6-8,17-23H2,1H3/b16-13-/t28-/m0/s1. The molecule has 0 aromatic heterocycles. The summed E-state index contributed by atoms with van der Waals surface area (Å²) in [5.41, 5.74) is 1.34. The second kappa shape index (κ2) is 14.5. The number of hydrogen-bond acceptors (Lipinski definition) is 6. The van der Waals surface area contributed by atoms with Crippen molar-refractivity contribution in [3.8, 4) is 11.5 Å². The zero-order valence-corrected chi connectivity index (χ0v) is 24.0. The van der Waals surface area contributed by atoms with Crippen molar-refractivity contribution in [2.45, 2.75) is 64.3 Å². The van der Waals surface area contributed by atoms with Crippen molar-refractivity contribution in [2.75, 3.05) is 25.4 Å². The smallest absolute Gasteiger partial charge is 0.329 e. The molecule has 5 aliphatic heterocycles. The summed E-state index contributed by atoms with van der Waals surface area (Å²) in [7, 11) is -3.70. The molecule has 40 heavy (non-hydrogen) atoms.